The predicted octanol–water partition coefficient (Wildman–Crippen LogP) is 1.03. The number of aromatic nitrogens is 3. The molecule has 3 N–H and O–H groups in total. The van der Waals surface area contributed by atoms with Crippen LogP contribution in [0.4, 0.5) is 4.79 Å². The van der Waals surface area contributed by atoms with E-state index in [1.165, 1.54) is 28.4 Å². The van der Waals surface area contributed by atoms with Gasteiger partial charge in [-0.3, -0.25) is 14.4 Å². The zero-order chi connectivity index (χ0) is 22.0. The summed E-state index contributed by atoms with van der Waals surface area (Å²) in [6.45, 7) is 0.332. The highest BCUT2D eigenvalue weighted by molar-refractivity contribution is 8.01. The van der Waals surface area contributed by atoms with E-state index in [2.05, 4.69) is 20.7 Å². The number of urea groups is 1. The molecule has 1 saturated heterocycles. The standard InChI is InChI=1S/C19H20N6O4S2/c1-24-10-21-19(23-24)31-9-12-8-30-16-13(15(26)25(16)14(12)17(27)28)22-18(29)20-7-11-5-3-2-4-6-11/h2-6,10,13,16H,7-9H2,1H3,(H,27,28)(H2,20,22,29)/t13?,16-/m1/s1. The normalized spacial score (nSPS) is 20.2. The van der Waals surface area contributed by atoms with E-state index in [1.54, 1.807) is 18.1 Å². The Morgan fingerprint density at radius 1 is 1.32 bits per heavy atom. The zero-order valence-electron chi connectivity index (χ0n) is 16.5. The van der Waals surface area contributed by atoms with Crippen LogP contribution >= 0.6 is 23.5 Å². The van der Waals surface area contributed by atoms with Crippen LogP contribution in [0.25, 0.3) is 0 Å². The summed E-state index contributed by atoms with van der Waals surface area (Å²) in [5, 5.41) is 19.4. The van der Waals surface area contributed by atoms with Crippen LogP contribution in [0.1, 0.15) is 5.56 Å². The number of hydrogen-bond acceptors (Lipinski definition) is 7. The number of nitrogens with zero attached hydrogens (tertiary/aromatic N) is 4. The largest absolute Gasteiger partial charge is 0.477 e. The van der Waals surface area contributed by atoms with E-state index < -0.39 is 29.3 Å². The zero-order valence-corrected chi connectivity index (χ0v) is 18.2. The molecule has 162 valence electrons. The number of carbonyl (C=O) groups is 3. The third-order valence-electron chi connectivity index (χ3n) is 4.79. The number of carbonyl (C=O) groups excluding carboxylic acids is 2. The average molecular weight is 461 g/mol. The van der Waals surface area contributed by atoms with Crippen LogP contribution in [0.5, 0.6) is 0 Å². The molecule has 0 spiro atoms. The Morgan fingerprint density at radius 3 is 2.77 bits per heavy atom. The molecule has 4 rings (SSSR count). The molecule has 10 nitrogen and oxygen atoms in total. The minimum atomic E-state index is -1.16. The van der Waals surface area contributed by atoms with Gasteiger partial charge in [-0.05, 0) is 11.1 Å². The molecule has 1 aromatic carbocycles. The number of fused-ring (bicyclic) bond motifs is 1. The number of benzene rings is 1. The number of aryl methyl sites for hydroxylation is 1. The lowest BCUT2D eigenvalue weighted by Crippen LogP contribution is -2.71. The number of thioether (sulfide) groups is 2. The molecule has 12 heteroatoms. The predicted molar refractivity (Wildman–Crippen MR) is 115 cm³/mol. The first-order valence-electron chi connectivity index (χ1n) is 9.40. The fraction of sp³-hybridized carbons (Fsp3) is 0.316. The van der Waals surface area contributed by atoms with E-state index in [1.807, 2.05) is 30.3 Å². The molecule has 2 aromatic rings. The summed E-state index contributed by atoms with van der Waals surface area (Å²) < 4.78 is 1.57. The molecule has 2 atom stereocenters. The van der Waals surface area contributed by atoms with E-state index in [4.69, 9.17) is 0 Å². The van der Waals surface area contributed by atoms with Gasteiger partial charge >= 0.3 is 12.0 Å². The molecule has 2 aliphatic heterocycles. The van der Waals surface area contributed by atoms with Crippen molar-refractivity contribution >= 4 is 41.4 Å². The van der Waals surface area contributed by atoms with Crippen molar-refractivity contribution in [2.45, 2.75) is 23.1 Å². The summed E-state index contributed by atoms with van der Waals surface area (Å²) in [7, 11) is 1.75. The minimum absolute atomic E-state index is 0.0140. The van der Waals surface area contributed by atoms with E-state index in [0.717, 1.165) is 5.56 Å². The fourth-order valence-corrected chi connectivity index (χ4v) is 5.63. The fourth-order valence-electron chi connectivity index (χ4n) is 3.30. The van der Waals surface area contributed by atoms with Gasteiger partial charge in [-0.2, -0.15) is 0 Å². The SMILES string of the molecule is Cn1cnc(SCC2=C(C(=O)O)N3C(=O)C(NC(=O)NCc4ccccc4)[C@H]3SC2)n1. The summed E-state index contributed by atoms with van der Waals surface area (Å²) in [5.74, 6) is -0.775. The van der Waals surface area contributed by atoms with Gasteiger partial charge in [-0.1, -0.05) is 42.1 Å². The summed E-state index contributed by atoms with van der Waals surface area (Å²) in [6, 6.07) is 8.18. The maximum absolute atomic E-state index is 12.7. The van der Waals surface area contributed by atoms with Crippen molar-refractivity contribution in [2.75, 3.05) is 11.5 Å². The van der Waals surface area contributed by atoms with Crippen LogP contribution in [0.3, 0.4) is 0 Å². The van der Waals surface area contributed by atoms with Gasteiger partial charge in [0.1, 0.15) is 23.4 Å². The first kappa shape index (κ1) is 21.2. The Balaban J connectivity index is 1.38. The van der Waals surface area contributed by atoms with Crippen LogP contribution in [-0.4, -0.2) is 65.6 Å². The van der Waals surface area contributed by atoms with Crippen molar-refractivity contribution in [2.24, 2.45) is 7.05 Å². The Kier molecular flexibility index (Phi) is 6.18. The lowest BCUT2D eigenvalue weighted by Gasteiger charge is -2.49. The smallest absolute Gasteiger partial charge is 0.352 e. The molecule has 3 amide bonds. The van der Waals surface area contributed by atoms with Gasteiger partial charge in [-0.25, -0.2) is 14.6 Å². The summed E-state index contributed by atoms with van der Waals surface area (Å²) in [6.07, 6.45) is 1.57. The molecular formula is C19H20N6O4S2. The Hall–Kier alpha value is -2.99. The number of nitrogens with one attached hydrogen (secondary N) is 2. The summed E-state index contributed by atoms with van der Waals surface area (Å²) in [5.41, 5.74) is 1.55. The first-order valence-corrected chi connectivity index (χ1v) is 11.4. The van der Waals surface area contributed by atoms with Crippen molar-refractivity contribution < 1.29 is 19.5 Å². The maximum atomic E-state index is 12.7. The molecule has 1 aromatic heterocycles. The molecule has 0 saturated carbocycles. The van der Waals surface area contributed by atoms with Gasteiger partial charge in [0.2, 0.25) is 5.16 Å². The second-order valence-electron chi connectivity index (χ2n) is 6.95. The van der Waals surface area contributed by atoms with E-state index in [0.29, 0.717) is 28.8 Å². The third kappa shape index (κ3) is 4.54. The molecule has 1 fully saturated rings. The number of aliphatic carboxylic acids is 1. The van der Waals surface area contributed by atoms with Gasteiger partial charge in [-0.15, -0.1) is 16.9 Å². The van der Waals surface area contributed by atoms with Crippen molar-refractivity contribution in [3.8, 4) is 0 Å². The van der Waals surface area contributed by atoms with Crippen molar-refractivity contribution in [3.05, 3.63) is 53.5 Å². The van der Waals surface area contributed by atoms with Gasteiger partial charge in [0.25, 0.3) is 5.91 Å². The number of carboxylic acid groups (broad SMARTS) is 1. The van der Waals surface area contributed by atoms with Gasteiger partial charge in [0, 0.05) is 25.1 Å². The van der Waals surface area contributed by atoms with Crippen LogP contribution in [0.15, 0.2) is 53.1 Å². The van der Waals surface area contributed by atoms with Crippen molar-refractivity contribution in [1.82, 2.24) is 30.3 Å². The summed E-state index contributed by atoms with van der Waals surface area (Å²) >= 11 is 2.75. The highest BCUT2D eigenvalue weighted by Crippen LogP contribution is 2.41. The number of carboxylic acids is 1. The molecule has 0 radical (unpaired) electrons. The lowest BCUT2D eigenvalue weighted by atomic mass is 10.0. The second-order valence-corrected chi connectivity index (χ2v) is 8.99. The number of amides is 3. The van der Waals surface area contributed by atoms with Crippen molar-refractivity contribution in [3.63, 3.8) is 0 Å². The van der Waals surface area contributed by atoms with Gasteiger partial charge < -0.3 is 15.7 Å². The number of hydrogen-bond donors (Lipinski definition) is 3. The highest BCUT2D eigenvalue weighted by atomic mass is 32.2. The molecule has 2 aliphatic rings. The number of rotatable bonds is 7. The van der Waals surface area contributed by atoms with E-state index >= 15 is 0 Å². The van der Waals surface area contributed by atoms with E-state index in [9.17, 15) is 19.5 Å². The summed E-state index contributed by atoms with van der Waals surface area (Å²) in [4.78, 5) is 42.2. The number of β-lactam (4-membered cyclic amide) rings is 1. The lowest BCUT2D eigenvalue weighted by molar-refractivity contribution is -0.148. The molecule has 31 heavy (non-hydrogen) atoms. The molecule has 1 unspecified atom stereocenters. The van der Waals surface area contributed by atoms with Crippen LogP contribution < -0.4 is 10.6 Å². The second kappa shape index (κ2) is 9.02. The molecule has 0 bridgehead atoms. The van der Waals surface area contributed by atoms with Crippen LogP contribution in [-0.2, 0) is 23.2 Å². The van der Waals surface area contributed by atoms with E-state index in [-0.39, 0.29) is 5.70 Å². The maximum Gasteiger partial charge on any atom is 0.352 e. The first-order chi connectivity index (χ1) is 14.9. The average Bonchev–Trinajstić information content (AvgIpc) is 3.19. The Morgan fingerprint density at radius 2 is 2.10 bits per heavy atom. The Bertz CT molecular complexity index is 1040. The monoisotopic (exact) mass is 460 g/mol. The minimum Gasteiger partial charge on any atom is -0.477 e. The molecule has 0 aliphatic carbocycles. The molecular weight excluding hydrogens is 440 g/mol. The van der Waals surface area contributed by atoms with Crippen LogP contribution in [0, 0.1) is 0 Å². The quantitative estimate of drug-likeness (QED) is 0.413. The third-order valence-corrected chi connectivity index (χ3v) is 7.06. The highest BCUT2D eigenvalue weighted by Gasteiger charge is 2.54. The molecule has 3 heterocycles. The Labute approximate surface area is 186 Å². The van der Waals surface area contributed by atoms with Crippen LogP contribution in [0.2, 0.25) is 0 Å². The van der Waals surface area contributed by atoms with Crippen molar-refractivity contribution in [1.29, 1.82) is 0 Å². The van der Waals surface area contributed by atoms with Gasteiger partial charge in [0.05, 0.1) is 0 Å². The topological polar surface area (TPSA) is 129 Å². The van der Waals surface area contributed by atoms with Gasteiger partial charge in [0.15, 0.2) is 0 Å².